The quantitative estimate of drug-likeness (QED) is 0.498. The number of phenols is 1. The van der Waals surface area contributed by atoms with Gasteiger partial charge in [0.2, 0.25) is 0 Å². The molecule has 0 aliphatic rings. The molecule has 0 unspecified atom stereocenters. The Balaban J connectivity index is 1.98. The van der Waals surface area contributed by atoms with Gasteiger partial charge in [0.1, 0.15) is 17.3 Å². The normalized spacial score (nSPS) is 11.9. The maximum absolute atomic E-state index is 10.2. The van der Waals surface area contributed by atoms with Crippen LogP contribution in [-0.2, 0) is 0 Å². The third-order valence-electron chi connectivity index (χ3n) is 4.40. The fourth-order valence-corrected chi connectivity index (χ4v) is 4.24. The van der Waals surface area contributed by atoms with Crippen molar-refractivity contribution in [1.29, 1.82) is 0 Å². The van der Waals surface area contributed by atoms with Crippen molar-refractivity contribution in [2.24, 2.45) is 0 Å². The van der Waals surface area contributed by atoms with Crippen molar-refractivity contribution in [2.75, 3.05) is 19.5 Å². The topological polar surface area (TPSA) is 68.0 Å². The molecule has 4 rings (SSSR count). The maximum Gasteiger partial charge on any atom is 0.197 e. The van der Waals surface area contributed by atoms with E-state index in [1.165, 1.54) is 7.11 Å². The first-order chi connectivity index (χ1) is 13.3. The number of nitrogens with zero attached hydrogens (tertiary/aromatic N) is 2. The number of anilines is 1. The smallest absolute Gasteiger partial charge is 0.197 e. The molecule has 146 valence electrons. The van der Waals surface area contributed by atoms with Crippen LogP contribution in [0.2, 0.25) is 0 Å². The molecule has 0 saturated carbocycles. The summed E-state index contributed by atoms with van der Waals surface area (Å²) in [6.07, 6.45) is 0. The highest BCUT2D eigenvalue weighted by molar-refractivity contribution is 7.23. The fourth-order valence-electron chi connectivity index (χ4n) is 3.19. The van der Waals surface area contributed by atoms with Gasteiger partial charge >= 0.3 is 0 Å². The Morgan fingerprint density at radius 2 is 1.86 bits per heavy atom. The molecule has 28 heavy (non-hydrogen) atoms. The first kappa shape index (κ1) is 18.4. The first-order valence-electron chi connectivity index (χ1n) is 8.95. The largest absolute Gasteiger partial charge is 0.504 e. The number of thiazole rings is 1. The van der Waals surface area contributed by atoms with E-state index >= 15 is 0 Å². The molecule has 0 radical (unpaired) electrons. The summed E-state index contributed by atoms with van der Waals surface area (Å²) >= 11 is 1.60. The number of benzene rings is 2. The second-order valence-corrected chi connectivity index (χ2v) is 8.63. The van der Waals surface area contributed by atoms with Gasteiger partial charge in [-0.1, -0.05) is 11.3 Å². The number of nitrogens with one attached hydrogen (secondary N) is 1. The van der Waals surface area contributed by atoms with Crippen molar-refractivity contribution in [3.63, 3.8) is 0 Å². The maximum atomic E-state index is 10.2. The Hall–Kier alpha value is -2.93. The molecule has 4 aromatic rings. The Bertz CT molecular complexity index is 1170. The number of methoxy groups -OCH3 is 2. The second kappa shape index (κ2) is 6.60. The second-order valence-electron chi connectivity index (χ2n) is 7.62. The highest BCUT2D eigenvalue weighted by Gasteiger charge is 2.23. The minimum absolute atomic E-state index is 0.0904. The van der Waals surface area contributed by atoms with Gasteiger partial charge in [-0.2, -0.15) is 0 Å². The van der Waals surface area contributed by atoms with Crippen LogP contribution in [0.3, 0.4) is 0 Å². The number of aromatic nitrogens is 2. The van der Waals surface area contributed by atoms with Crippen molar-refractivity contribution in [3.8, 4) is 28.5 Å². The van der Waals surface area contributed by atoms with E-state index in [2.05, 4.69) is 30.5 Å². The molecule has 0 bridgehead atoms. The van der Waals surface area contributed by atoms with Gasteiger partial charge in [-0.25, -0.2) is 4.98 Å². The highest BCUT2D eigenvalue weighted by Crippen LogP contribution is 2.40. The van der Waals surface area contributed by atoms with Crippen LogP contribution >= 0.6 is 11.3 Å². The zero-order valence-electron chi connectivity index (χ0n) is 16.5. The third-order valence-corrected chi connectivity index (χ3v) is 5.40. The van der Waals surface area contributed by atoms with E-state index in [1.807, 2.05) is 24.3 Å². The molecule has 0 atom stereocenters. The molecule has 7 heteroatoms. The standard InChI is InChI=1S/C21H23N3O3S/c1-21(2,3)23-19-18(12-6-9-16(27-5)15(25)10-12)22-20-24(19)14-8-7-13(26-4)11-17(14)28-20/h6-11,23,25H,1-5H3. The average molecular weight is 398 g/mol. The molecule has 0 spiro atoms. The molecule has 0 fully saturated rings. The van der Waals surface area contributed by atoms with E-state index in [-0.39, 0.29) is 11.3 Å². The molecule has 6 nitrogen and oxygen atoms in total. The van der Waals surface area contributed by atoms with Crippen LogP contribution in [-0.4, -0.2) is 34.2 Å². The van der Waals surface area contributed by atoms with Crippen LogP contribution in [0.25, 0.3) is 26.4 Å². The van der Waals surface area contributed by atoms with Crippen LogP contribution in [0.15, 0.2) is 36.4 Å². The number of hydrogen-bond acceptors (Lipinski definition) is 6. The molecular formula is C21H23N3O3S. The third kappa shape index (κ3) is 3.11. The van der Waals surface area contributed by atoms with Crippen molar-refractivity contribution < 1.29 is 14.6 Å². The molecule has 0 aliphatic heterocycles. The Morgan fingerprint density at radius 3 is 2.50 bits per heavy atom. The van der Waals surface area contributed by atoms with Gasteiger partial charge in [0.25, 0.3) is 0 Å². The lowest BCUT2D eigenvalue weighted by atomic mass is 10.1. The van der Waals surface area contributed by atoms with E-state index in [9.17, 15) is 5.11 Å². The number of hydrogen-bond donors (Lipinski definition) is 2. The lowest BCUT2D eigenvalue weighted by molar-refractivity contribution is 0.373. The van der Waals surface area contributed by atoms with Gasteiger partial charge in [-0.05, 0) is 57.2 Å². The highest BCUT2D eigenvalue weighted by atomic mass is 32.1. The van der Waals surface area contributed by atoms with Crippen molar-refractivity contribution >= 4 is 32.3 Å². The molecular weight excluding hydrogens is 374 g/mol. The van der Waals surface area contributed by atoms with Crippen LogP contribution < -0.4 is 14.8 Å². The molecule has 0 saturated heterocycles. The zero-order chi connectivity index (χ0) is 20.1. The van der Waals surface area contributed by atoms with Crippen molar-refractivity contribution in [1.82, 2.24) is 9.38 Å². The molecule has 2 N–H and O–H groups in total. The minimum Gasteiger partial charge on any atom is -0.504 e. The van der Waals surface area contributed by atoms with E-state index in [0.29, 0.717) is 5.75 Å². The number of fused-ring (bicyclic) bond motifs is 3. The van der Waals surface area contributed by atoms with Gasteiger partial charge in [0.15, 0.2) is 16.5 Å². The van der Waals surface area contributed by atoms with E-state index in [0.717, 1.165) is 38.0 Å². The summed E-state index contributed by atoms with van der Waals surface area (Å²) in [5, 5.41) is 13.8. The summed E-state index contributed by atoms with van der Waals surface area (Å²) in [5.41, 5.74) is 2.50. The fraction of sp³-hybridized carbons (Fsp3) is 0.286. The number of aromatic hydroxyl groups is 1. The van der Waals surface area contributed by atoms with E-state index in [1.54, 1.807) is 30.6 Å². The lowest BCUT2D eigenvalue weighted by Gasteiger charge is -2.22. The average Bonchev–Trinajstić information content (AvgIpc) is 3.16. The molecule has 2 aromatic carbocycles. The van der Waals surface area contributed by atoms with Crippen LogP contribution in [0.5, 0.6) is 17.2 Å². The monoisotopic (exact) mass is 397 g/mol. The van der Waals surface area contributed by atoms with Crippen molar-refractivity contribution in [2.45, 2.75) is 26.3 Å². The summed E-state index contributed by atoms with van der Waals surface area (Å²) < 4.78 is 13.8. The predicted molar refractivity (Wildman–Crippen MR) is 114 cm³/mol. The first-order valence-corrected chi connectivity index (χ1v) is 9.77. The Kier molecular flexibility index (Phi) is 4.34. The van der Waals surface area contributed by atoms with E-state index < -0.39 is 0 Å². The SMILES string of the molecule is COc1ccc2c(c1)sc1nc(-c3ccc(OC)c(O)c3)c(NC(C)(C)C)n12. The van der Waals surface area contributed by atoms with Crippen molar-refractivity contribution in [3.05, 3.63) is 36.4 Å². The van der Waals surface area contributed by atoms with Gasteiger partial charge in [0, 0.05) is 11.1 Å². The molecule has 2 heterocycles. The number of imidazole rings is 1. The number of ether oxygens (including phenoxy) is 2. The lowest BCUT2D eigenvalue weighted by Crippen LogP contribution is -2.27. The Labute approximate surface area is 167 Å². The molecule has 0 aliphatic carbocycles. The number of rotatable bonds is 4. The van der Waals surface area contributed by atoms with E-state index in [4.69, 9.17) is 14.5 Å². The van der Waals surface area contributed by atoms with Gasteiger partial charge in [-0.15, -0.1) is 0 Å². The number of phenolic OH excluding ortho intramolecular Hbond substituents is 1. The van der Waals surface area contributed by atoms with Crippen LogP contribution in [0.4, 0.5) is 5.82 Å². The van der Waals surface area contributed by atoms with Gasteiger partial charge in [-0.3, -0.25) is 4.40 Å². The predicted octanol–water partition coefficient (Wildman–Crippen LogP) is 5.15. The molecule has 0 amide bonds. The van der Waals surface area contributed by atoms with Crippen LogP contribution in [0, 0.1) is 0 Å². The van der Waals surface area contributed by atoms with Gasteiger partial charge < -0.3 is 19.9 Å². The Morgan fingerprint density at radius 1 is 1.07 bits per heavy atom. The summed E-state index contributed by atoms with van der Waals surface area (Å²) in [6, 6.07) is 11.4. The van der Waals surface area contributed by atoms with Gasteiger partial charge in [0.05, 0.1) is 24.4 Å². The van der Waals surface area contributed by atoms with Crippen LogP contribution in [0.1, 0.15) is 20.8 Å². The summed E-state index contributed by atoms with van der Waals surface area (Å²) in [7, 11) is 3.20. The zero-order valence-corrected chi connectivity index (χ0v) is 17.3. The molecule has 2 aromatic heterocycles. The summed E-state index contributed by atoms with van der Waals surface area (Å²) in [4.78, 5) is 5.76. The summed E-state index contributed by atoms with van der Waals surface area (Å²) in [6.45, 7) is 6.33. The minimum atomic E-state index is -0.167. The summed E-state index contributed by atoms with van der Waals surface area (Å²) in [5.74, 6) is 2.24.